The molecule has 0 saturated heterocycles. The van der Waals surface area contributed by atoms with Crippen LogP contribution in [0.5, 0.6) is 11.6 Å². The van der Waals surface area contributed by atoms with Crippen LogP contribution < -0.4 is 10.5 Å². The molecule has 0 aliphatic heterocycles. The fraction of sp³-hybridized carbons (Fsp3) is 0.375. The van der Waals surface area contributed by atoms with Crippen LogP contribution >= 0.6 is 0 Å². The van der Waals surface area contributed by atoms with E-state index in [1.54, 1.807) is 0 Å². The SMILES string of the molecule is COc1cc(C(F)F)c(O)c(CN)n1. The lowest BCUT2D eigenvalue weighted by Gasteiger charge is -2.09. The molecule has 0 aliphatic rings. The largest absolute Gasteiger partial charge is 0.505 e. The van der Waals surface area contributed by atoms with Crippen molar-refractivity contribution in [3.05, 3.63) is 17.3 Å². The highest BCUT2D eigenvalue weighted by Gasteiger charge is 2.18. The van der Waals surface area contributed by atoms with Crippen LogP contribution in [-0.4, -0.2) is 17.2 Å². The first-order valence-electron chi connectivity index (χ1n) is 3.85. The van der Waals surface area contributed by atoms with Gasteiger partial charge in [0.05, 0.1) is 12.7 Å². The Balaban J connectivity index is 3.27. The summed E-state index contributed by atoms with van der Waals surface area (Å²) in [6, 6.07) is 0.985. The van der Waals surface area contributed by atoms with Crippen molar-refractivity contribution in [1.29, 1.82) is 0 Å². The number of ether oxygens (including phenoxy) is 1. The van der Waals surface area contributed by atoms with Gasteiger partial charge >= 0.3 is 0 Å². The fourth-order valence-electron chi connectivity index (χ4n) is 0.999. The maximum atomic E-state index is 12.4. The van der Waals surface area contributed by atoms with Crippen LogP contribution in [0.25, 0.3) is 0 Å². The van der Waals surface area contributed by atoms with Crippen molar-refractivity contribution >= 4 is 0 Å². The number of halogens is 2. The molecule has 0 saturated carbocycles. The Morgan fingerprint density at radius 1 is 1.64 bits per heavy atom. The van der Waals surface area contributed by atoms with Crippen molar-refractivity contribution in [1.82, 2.24) is 4.98 Å². The van der Waals surface area contributed by atoms with Crippen LogP contribution in [0.15, 0.2) is 6.07 Å². The third-order valence-corrected chi connectivity index (χ3v) is 1.71. The molecule has 0 radical (unpaired) electrons. The maximum Gasteiger partial charge on any atom is 0.267 e. The molecule has 0 atom stereocenters. The normalized spacial score (nSPS) is 10.6. The van der Waals surface area contributed by atoms with E-state index < -0.39 is 17.7 Å². The van der Waals surface area contributed by atoms with Crippen molar-refractivity contribution in [3.8, 4) is 11.6 Å². The predicted octanol–water partition coefficient (Wildman–Crippen LogP) is 1.19. The molecule has 0 amide bonds. The van der Waals surface area contributed by atoms with E-state index in [2.05, 4.69) is 4.98 Å². The lowest BCUT2D eigenvalue weighted by atomic mass is 10.2. The van der Waals surface area contributed by atoms with Gasteiger partial charge in [-0.3, -0.25) is 0 Å². The van der Waals surface area contributed by atoms with Crippen molar-refractivity contribution in [2.75, 3.05) is 7.11 Å². The fourth-order valence-corrected chi connectivity index (χ4v) is 0.999. The second kappa shape index (κ2) is 4.19. The van der Waals surface area contributed by atoms with Gasteiger partial charge in [-0.05, 0) is 0 Å². The average Bonchev–Trinajstić information content (AvgIpc) is 2.17. The van der Waals surface area contributed by atoms with Crippen molar-refractivity contribution < 1.29 is 18.6 Å². The highest BCUT2D eigenvalue weighted by Crippen LogP contribution is 2.32. The number of hydrogen-bond acceptors (Lipinski definition) is 4. The average molecular weight is 204 g/mol. The van der Waals surface area contributed by atoms with Crippen LogP contribution in [0.1, 0.15) is 17.7 Å². The van der Waals surface area contributed by atoms with Crippen LogP contribution in [0.2, 0.25) is 0 Å². The number of aromatic hydroxyl groups is 1. The van der Waals surface area contributed by atoms with E-state index in [0.717, 1.165) is 6.07 Å². The number of aromatic nitrogens is 1. The number of pyridine rings is 1. The number of hydrogen-bond donors (Lipinski definition) is 2. The van der Waals surface area contributed by atoms with E-state index in [-0.39, 0.29) is 18.1 Å². The van der Waals surface area contributed by atoms with Gasteiger partial charge in [0.1, 0.15) is 11.4 Å². The molecule has 0 aromatic carbocycles. The molecule has 1 aromatic heterocycles. The summed E-state index contributed by atoms with van der Waals surface area (Å²) in [6.07, 6.45) is -2.78. The molecule has 6 heteroatoms. The molecule has 78 valence electrons. The summed E-state index contributed by atoms with van der Waals surface area (Å²) in [5.74, 6) is -0.554. The van der Waals surface area contributed by atoms with E-state index in [1.807, 2.05) is 0 Å². The minimum Gasteiger partial charge on any atom is -0.505 e. The lowest BCUT2D eigenvalue weighted by Crippen LogP contribution is -2.04. The second-order valence-electron chi connectivity index (χ2n) is 2.55. The summed E-state index contributed by atoms with van der Waals surface area (Å²) in [7, 11) is 1.30. The first-order valence-corrected chi connectivity index (χ1v) is 3.85. The monoisotopic (exact) mass is 204 g/mol. The van der Waals surface area contributed by atoms with Crippen molar-refractivity contribution in [2.24, 2.45) is 5.73 Å². The van der Waals surface area contributed by atoms with E-state index in [0.29, 0.717) is 0 Å². The van der Waals surface area contributed by atoms with Gasteiger partial charge in [-0.2, -0.15) is 0 Å². The molecule has 0 fully saturated rings. The van der Waals surface area contributed by atoms with E-state index >= 15 is 0 Å². The molecular formula is C8H10F2N2O2. The van der Waals surface area contributed by atoms with E-state index in [9.17, 15) is 13.9 Å². The van der Waals surface area contributed by atoms with Gasteiger partial charge < -0.3 is 15.6 Å². The van der Waals surface area contributed by atoms with Crippen LogP contribution in [0.3, 0.4) is 0 Å². The molecule has 3 N–H and O–H groups in total. The molecule has 4 nitrogen and oxygen atoms in total. The number of rotatable bonds is 3. The number of alkyl halides is 2. The third-order valence-electron chi connectivity index (χ3n) is 1.71. The summed E-state index contributed by atoms with van der Waals surface area (Å²) in [4.78, 5) is 3.72. The van der Waals surface area contributed by atoms with Crippen molar-refractivity contribution in [2.45, 2.75) is 13.0 Å². The zero-order valence-electron chi connectivity index (χ0n) is 7.50. The van der Waals surface area contributed by atoms with Gasteiger partial charge in [-0.1, -0.05) is 0 Å². The Bertz CT molecular complexity index is 331. The lowest BCUT2D eigenvalue weighted by molar-refractivity contribution is 0.146. The Hall–Kier alpha value is -1.43. The van der Waals surface area contributed by atoms with Crippen LogP contribution in [0.4, 0.5) is 8.78 Å². The molecule has 0 bridgehead atoms. The highest BCUT2D eigenvalue weighted by atomic mass is 19.3. The summed E-state index contributed by atoms with van der Waals surface area (Å²) < 4.78 is 29.4. The molecule has 1 aromatic rings. The zero-order valence-corrected chi connectivity index (χ0v) is 7.50. The Morgan fingerprint density at radius 3 is 2.71 bits per heavy atom. The molecule has 1 rings (SSSR count). The summed E-state index contributed by atoms with van der Waals surface area (Å²) in [5, 5.41) is 9.30. The minimum atomic E-state index is -2.78. The van der Waals surface area contributed by atoms with Gasteiger partial charge in [0.25, 0.3) is 6.43 Å². The Morgan fingerprint density at radius 2 is 2.29 bits per heavy atom. The molecule has 14 heavy (non-hydrogen) atoms. The van der Waals surface area contributed by atoms with E-state index in [1.165, 1.54) is 7.11 Å². The summed E-state index contributed by atoms with van der Waals surface area (Å²) in [6.45, 7) is -0.122. The molecule has 0 unspecified atom stereocenters. The Kier molecular flexibility index (Phi) is 3.19. The van der Waals surface area contributed by atoms with Crippen LogP contribution in [0, 0.1) is 0 Å². The summed E-state index contributed by atoms with van der Waals surface area (Å²) >= 11 is 0. The summed E-state index contributed by atoms with van der Waals surface area (Å²) in [5.41, 5.74) is 4.70. The molecule has 0 aliphatic carbocycles. The number of methoxy groups -OCH3 is 1. The maximum absolute atomic E-state index is 12.4. The first-order chi connectivity index (χ1) is 6.60. The second-order valence-corrected chi connectivity index (χ2v) is 2.55. The number of nitrogens with two attached hydrogens (primary N) is 1. The van der Waals surface area contributed by atoms with Gasteiger partial charge in [-0.25, -0.2) is 13.8 Å². The molecule has 1 heterocycles. The van der Waals surface area contributed by atoms with Crippen LogP contribution in [-0.2, 0) is 6.54 Å². The minimum absolute atomic E-state index is 0.000324. The number of nitrogens with zero attached hydrogens (tertiary/aromatic N) is 1. The standard InChI is InChI=1S/C8H10F2N2O2/c1-14-6-2-4(8(9)10)7(13)5(3-11)12-6/h2,8,13H,3,11H2,1H3. The van der Waals surface area contributed by atoms with Gasteiger partial charge in [0.15, 0.2) is 0 Å². The van der Waals surface area contributed by atoms with Gasteiger partial charge in [0, 0.05) is 12.6 Å². The molecule has 0 spiro atoms. The predicted molar refractivity (Wildman–Crippen MR) is 45.3 cm³/mol. The van der Waals surface area contributed by atoms with Gasteiger partial charge in [0.2, 0.25) is 5.88 Å². The Labute approximate surface area is 79.3 Å². The third kappa shape index (κ3) is 1.90. The van der Waals surface area contributed by atoms with Crippen molar-refractivity contribution in [3.63, 3.8) is 0 Å². The zero-order chi connectivity index (χ0) is 10.7. The highest BCUT2D eigenvalue weighted by molar-refractivity contribution is 5.40. The smallest absolute Gasteiger partial charge is 0.267 e. The quantitative estimate of drug-likeness (QED) is 0.776. The van der Waals surface area contributed by atoms with E-state index in [4.69, 9.17) is 10.5 Å². The van der Waals surface area contributed by atoms with Gasteiger partial charge in [-0.15, -0.1) is 0 Å². The molecular weight excluding hydrogens is 194 g/mol. The first kappa shape index (κ1) is 10.6. The topological polar surface area (TPSA) is 68.4 Å².